The topological polar surface area (TPSA) is 0 Å². The third-order valence-electron chi connectivity index (χ3n) is 3.12. The van der Waals surface area contributed by atoms with Crippen molar-refractivity contribution in [3.8, 4) is 11.1 Å². The maximum absolute atomic E-state index is 10.7. The molecule has 3 aromatic rings. The molecule has 0 atom stereocenters. The molecule has 0 aliphatic heterocycles. The van der Waals surface area contributed by atoms with Gasteiger partial charge in [0, 0.05) is 27.4 Å². The van der Waals surface area contributed by atoms with Crippen LogP contribution >= 0.6 is 31.0 Å². The first-order valence-corrected chi connectivity index (χ1v) is 11.2. The molecule has 0 spiro atoms. The SMILES string of the molecule is Clc1ccc([SH+]c2ccc(Cl)cc2-c2ccccc2)cc1.F[P-](F)(F)(F)(F)F. The number of rotatable bonds is 3. The first kappa shape index (κ1) is 22.9. The van der Waals surface area contributed by atoms with Gasteiger partial charge in [-0.15, -0.1) is 0 Å². The summed E-state index contributed by atoms with van der Waals surface area (Å²) in [7, 11) is -10.7. The van der Waals surface area contributed by atoms with Gasteiger partial charge in [-0.25, -0.2) is 0 Å². The van der Waals surface area contributed by atoms with Crippen molar-refractivity contribution in [2.75, 3.05) is 0 Å². The third kappa shape index (κ3) is 9.69. The molecule has 0 saturated heterocycles. The zero-order valence-corrected chi connectivity index (χ0v) is 17.1. The second kappa shape index (κ2) is 7.79. The normalized spacial score (nSPS) is 13.7. The van der Waals surface area contributed by atoms with Crippen LogP contribution in [0.15, 0.2) is 82.6 Å². The molecule has 152 valence electrons. The number of hydrogen-bond donors (Lipinski definition) is 0. The van der Waals surface area contributed by atoms with E-state index >= 15 is 0 Å². The van der Waals surface area contributed by atoms with Crippen molar-refractivity contribution in [2.24, 2.45) is 0 Å². The molecule has 0 aliphatic carbocycles. The molecule has 0 unspecified atom stereocenters. The molecule has 0 amide bonds. The molecule has 10 heteroatoms. The van der Waals surface area contributed by atoms with E-state index in [9.17, 15) is 25.2 Å². The van der Waals surface area contributed by atoms with Crippen LogP contribution in [0.25, 0.3) is 11.1 Å². The van der Waals surface area contributed by atoms with Crippen molar-refractivity contribution >= 4 is 42.8 Å². The molecule has 0 N–H and O–H groups in total. The molecular formula is C18H13Cl2F6PS. The molecule has 0 nitrogen and oxygen atoms in total. The number of thiol groups is 1. The molecule has 3 rings (SSSR count). The molecule has 0 fully saturated rings. The van der Waals surface area contributed by atoms with E-state index in [0.717, 1.165) is 21.8 Å². The van der Waals surface area contributed by atoms with Crippen LogP contribution in [0, 0.1) is 0 Å². The molecule has 3 aromatic carbocycles. The number of halogens is 8. The van der Waals surface area contributed by atoms with Gasteiger partial charge in [0.05, 0.1) is 0 Å². The Morgan fingerprint density at radius 3 is 1.68 bits per heavy atom. The Bertz CT molecular complexity index is 935. The fraction of sp³-hybridized carbons (Fsp3) is 0. The van der Waals surface area contributed by atoms with Crippen LogP contribution in [0.4, 0.5) is 25.2 Å². The van der Waals surface area contributed by atoms with Crippen molar-refractivity contribution in [2.45, 2.75) is 9.79 Å². The monoisotopic (exact) mass is 476 g/mol. The summed E-state index contributed by atoms with van der Waals surface area (Å²) in [5.74, 6) is 0. The zero-order chi connectivity index (χ0) is 21.1. The second-order valence-electron chi connectivity index (χ2n) is 5.57. The molecule has 0 radical (unpaired) electrons. The zero-order valence-electron chi connectivity index (χ0n) is 13.8. The average molecular weight is 477 g/mol. The predicted octanol–water partition coefficient (Wildman–Crippen LogP) is 9.28. The molecule has 0 heterocycles. The Labute approximate surface area is 171 Å². The van der Waals surface area contributed by atoms with Crippen LogP contribution in [0.1, 0.15) is 0 Å². The summed E-state index contributed by atoms with van der Waals surface area (Å²) in [6.07, 6.45) is 0. The van der Waals surface area contributed by atoms with Crippen LogP contribution in [-0.2, 0) is 11.8 Å². The van der Waals surface area contributed by atoms with Crippen LogP contribution in [0.2, 0.25) is 10.0 Å². The van der Waals surface area contributed by atoms with E-state index in [4.69, 9.17) is 23.2 Å². The van der Waals surface area contributed by atoms with E-state index in [2.05, 4.69) is 18.2 Å². The fourth-order valence-corrected chi connectivity index (χ4v) is 3.45. The molecule has 0 saturated carbocycles. The predicted molar refractivity (Wildman–Crippen MR) is 107 cm³/mol. The van der Waals surface area contributed by atoms with Gasteiger partial charge in [0.25, 0.3) is 0 Å². The average Bonchev–Trinajstić information content (AvgIpc) is 2.56. The van der Waals surface area contributed by atoms with Gasteiger partial charge < -0.3 is 0 Å². The quantitative estimate of drug-likeness (QED) is 0.153. The summed E-state index contributed by atoms with van der Waals surface area (Å²) in [4.78, 5) is 2.44. The fourth-order valence-electron chi connectivity index (χ4n) is 2.11. The van der Waals surface area contributed by atoms with Crippen LogP contribution in [-0.4, -0.2) is 0 Å². The van der Waals surface area contributed by atoms with Crippen molar-refractivity contribution in [1.82, 2.24) is 0 Å². The summed E-state index contributed by atoms with van der Waals surface area (Å²) >= 11 is 13.3. The summed E-state index contributed by atoms with van der Waals surface area (Å²) in [5, 5.41) is 1.51. The van der Waals surface area contributed by atoms with E-state index in [1.807, 2.05) is 54.6 Å². The number of benzene rings is 3. The first-order chi connectivity index (χ1) is 12.7. The van der Waals surface area contributed by atoms with E-state index in [1.54, 1.807) is 0 Å². The molecule has 0 aliphatic rings. The van der Waals surface area contributed by atoms with Crippen LogP contribution in [0.5, 0.6) is 0 Å². The summed E-state index contributed by atoms with van der Waals surface area (Å²) in [6.45, 7) is 0. The third-order valence-corrected chi connectivity index (χ3v) is 4.79. The standard InChI is InChI=1S/C18H12Cl2S.F6P/c19-14-6-9-16(10-7-14)21-18-11-8-15(20)12-17(18)13-4-2-1-3-5-13;1-7(2,3,4,5)6/h1-12H;/q;-1/p+1. The van der Waals surface area contributed by atoms with Gasteiger partial charge in [-0.3, -0.25) is 0 Å². The van der Waals surface area contributed by atoms with Gasteiger partial charge in [-0.1, -0.05) is 53.5 Å². The Morgan fingerprint density at radius 1 is 0.643 bits per heavy atom. The van der Waals surface area contributed by atoms with Crippen LogP contribution in [0.3, 0.4) is 0 Å². The van der Waals surface area contributed by atoms with Gasteiger partial charge >= 0.3 is 33.0 Å². The Hall–Kier alpha value is -1.40. The second-order valence-corrected chi connectivity index (χ2v) is 9.59. The minimum absolute atomic E-state index is 0.754. The van der Waals surface area contributed by atoms with E-state index < -0.39 is 7.81 Å². The summed E-state index contributed by atoms with van der Waals surface area (Å²) < 4.78 is 59.2. The minimum atomic E-state index is -10.7. The van der Waals surface area contributed by atoms with Crippen molar-refractivity contribution in [3.05, 3.63) is 82.8 Å². The molecular weight excluding hydrogens is 464 g/mol. The summed E-state index contributed by atoms with van der Waals surface area (Å²) in [5.41, 5.74) is 2.34. The van der Waals surface area contributed by atoms with Crippen molar-refractivity contribution in [1.29, 1.82) is 0 Å². The summed E-state index contributed by atoms with van der Waals surface area (Å²) in [6, 6.07) is 24.3. The number of hydrogen-bond acceptors (Lipinski definition) is 0. The molecule has 28 heavy (non-hydrogen) atoms. The van der Waals surface area contributed by atoms with Crippen molar-refractivity contribution < 1.29 is 25.2 Å². The Balaban J connectivity index is 0.000000345. The van der Waals surface area contributed by atoms with Gasteiger partial charge in [0.2, 0.25) is 0 Å². The van der Waals surface area contributed by atoms with Gasteiger partial charge in [0.1, 0.15) is 0 Å². The first-order valence-electron chi connectivity index (χ1n) is 7.56. The van der Waals surface area contributed by atoms with E-state index in [-0.39, 0.29) is 0 Å². The molecule has 0 aromatic heterocycles. The van der Waals surface area contributed by atoms with E-state index in [1.165, 1.54) is 20.9 Å². The van der Waals surface area contributed by atoms with Crippen LogP contribution < -0.4 is 0 Å². The Kier molecular flexibility index (Phi) is 6.37. The van der Waals surface area contributed by atoms with Crippen molar-refractivity contribution in [3.63, 3.8) is 0 Å². The van der Waals surface area contributed by atoms with Gasteiger partial charge in [-0.05, 0) is 48.0 Å². The van der Waals surface area contributed by atoms with Gasteiger partial charge in [-0.2, -0.15) is 0 Å². The van der Waals surface area contributed by atoms with Gasteiger partial charge in [0.15, 0.2) is 9.79 Å². The molecule has 0 bridgehead atoms. The Morgan fingerprint density at radius 2 is 1.14 bits per heavy atom. The maximum atomic E-state index is 9.87. The van der Waals surface area contributed by atoms with E-state index in [0.29, 0.717) is 0 Å².